The van der Waals surface area contributed by atoms with Crippen molar-refractivity contribution in [1.82, 2.24) is 5.32 Å². The minimum Gasteiger partial charge on any atom is -0.497 e. The second-order valence-corrected chi connectivity index (χ2v) is 7.21. The Kier molecular flexibility index (Phi) is 7.92. The molecule has 0 aromatic heterocycles. The van der Waals surface area contributed by atoms with E-state index in [0.717, 1.165) is 0 Å². The summed E-state index contributed by atoms with van der Waals surface area (Å²) in [5.74, 6) is 0.697. The zero-order chi connectivity index (χ0) is 19.5. The highest BCUT2D eigenvalue weighted by Crippen LogP contribution is 2.36. The maximum Gasteiger partial charge on any atom is 0.227 e. The molecule has 2 amide bonds. The highest BCUT2D eigenvalue weighted by Gasteiger charge is 2.39. The van der Waals surface area contributed by atoms with Crippen LogP contribution in [0.3, 0.4) is 0 Å². The number of carbonyl (C=O) groups excluding carboxylic acids is 2. The summed E-state index contributed by atoms with van der Waals surface area (Å²) in [5.41, 5.74) is 5.99. The van der Waals surface area contributed by atoms with Crippen molar-refractivity contribution in [3.8, 4) is 11.5 Å². The molecule has 2 rings (SSSR count). The summed E-state index contributed by atoms with van der Waals surface area (Å²) in [6.45, 7) is 6.61. The molecule has 0 spiro atoms. The highest BCUT2D eigenvalue weighted by atomic mass is 35.5. The number of hydrogen-bond acceptors (Lipinski definition) is 5. The Labute approximate surface area is 167 Å². The van der Waals surface area contributed by atoms with Gasteiger partial charge in [-0.05, 0) is 25.0 Å². The zero-order valence-corrected chi connectivity index (χ0v) is 17.4. The van der Waals surface area contributed by atoms with Gasteiger partial charge in [-0.2, -0.15) is 0 Å². The van der Waals surface area contributed by atoms with Gasteiger partial charge < -0.3 is 25.4 Å². The second-order valence-electron chi connectivity index (χ2n) is 7.21. The molecule has 1 aliphatic heterocycles. The standard InChI is InChI=1S/C19H29N3O4.ClH/c1-12(2)19(3,11-20)21-18(24)13-8-17(23)22(10-13)15-7-6-14(25-4)9-16(15)26-5;/h6-7,9,12-13H,8,10-11,20H2,1-5H3,(H,21,24);1H. The van der Waals surface area contributed by atoms with Gasteiger partial charge in [-0.1, -0.05) is 13.8 Å². The first-order chi connectivity index (χ1) is 12.3. The van der Waals surface area contributed by atoms with E-state index in [0.29, 0.717) is 30.3 Å². The van der Waals surface area contributed by atoms with Crippen LogP contribution in [0, 0.1) is 11.8 Å². The molecule has 0 radical (unpaired) electrons. The van der Waals surface area contributed by atoms with Crippen molar-refractivity contribution in [1.29, 1.82) is 0 Å². The van der Waals surface area contributed by atoms with E-state index >= 15 is 0 Å². The van der Waals surface area contributed by atoms with Crippen LogP contribution in [0.15, 0.2) is 18.2 Å². The van der Waals surface area contributed by atoms with Gasteiger partial charge >= 0.3 is 0 Å². The highest BCUT2D eigenvalue weighted by molar-refractivity contribution is 6.01. The van der Waals surface area contributed by atoms with Crippen molar-refractivity contribution in [3.63, 3.8) is 0 Å². The number of carbonyl (C=O) groups is 2. The molecule has 0 bridgehead atoms. The molecule has 2 atom stereocenters. The third kappa shape index (κ3) is 4.84. The number of ether oxygens (including phenoxy) is 2. The van der Waals surface area contributed by atoms with Crippen LogP contribution in [0.2, 0.25) is 0 Å². The zero-order valence-electron chi connectivity index (χ0n) is 16.6. The van der Waals surface area contributed by atoms with Crippen molar-refractivity contribution in [2.75, 3.05) is 32.2 Å². The Morgan fingerprint density at radius 3 is 2.56 bits per heavy atom. The van der Waals surface area contributed by atoms with Crippen molar-refractivity contribution in [2.45, 2.75) is 32.7 Å². The fourth-order valence-electron chi connectivity index (χ4n) is 2.94. The third-order valence-electron chi connectivity index (χ3n) is 5.28. The molecule has 1 aliphatic rings. The molecule has 8 heteroatoms. The van der Waals surface area contributed by atoms with Gasteiger partial charge in [-0.25, -0.2) is 0 Å². The van der Waals surface area contributed by atoms with Gasteiger partial charge in [0, 0.05) is 25.6 Å². The van der Waals surface area contributed by atoms with Crippen LogP contribution < -0.4 is 25.4 Å². The average Bonchev–Trinajstić information content (AvgIpc) is 3.02. The Hall–Kier alpha value is -1.99. The van der Waals surface area contributed by atoms with E-state index in [1.54, 1.807) is 37.3 Å². The second kappa shape index (κ2) is 9.28. The Bertz CT molecular complexity index is 683. The predicted octanol–water partition coefficient (Wildman–Crippen LogP) is 1.97. The smallest absolute Gasteiger partial charge is 0.227 e. The molecule has 1 aromatic rings. The summed E-state index contributed by atoms with van der Waals surface area (Å²) in [6.07, 6.45) is 0.166. The summed E-state index contributed by atoms with van der Waals surface area (Å²) in [7, 11) is 3.11. The third-order valence-corrected chi connectivity index (χ3v) is 5.28. The predicted molar refractivity (Wildman–Crippen MR) is 108 cm³/mol. The minimum absolute atomic E-state index is 0. The monoisotopic (exact) mass is 399 g/mol. The number of methoxy groups -OCH3 is 2. The number of rotatable bonds is 7. The number of benzene rings is 1. The molecule has 27 heavy (non-hydrogen) atoms. The summed E-state index contributed by atoms with van der Waals surface area (Å²) in [6, 6.07) is 5.26. The molecule has 0 aliphatic carbocycles. The van der Waals surface area contributed by atoms with E-state index < -0.39 is 11.5 Å². The molecule has 1 aromatic carbocycles. The summed E-state index contributed by atoms with van der Waals surface area (Å²) in [5, 5.41) is 3.03. The fourth-order valence-corrected chi connectivity index (χ4v) is 2.94. The number of halogens is 1. The van der Waals surface area contributed by atoms with Crippen LogP contribution in [-0.2, 0) is 9.59 Å². The van der Waals surface area contributed by atoms with Crippen molar-refractivity contribution < 1.29 is 19.1 Å². The van der Waals surface area contributed by atoms with Crippen LogP contribution in [-0.4, -0.2) is 44.7 Å². The molecular formula is C19H30ClN3O4. The Balaban J connectivity index is 0.00000364. The Morgan fingerprint density at radius 2 is 2.04 bits per heavy atom. The van der Waals surface area contributed by atoms with Crippen LogP contribution in [0.4, 0.5) is 5.69 Å². The van der Waals surface area contributed by atoms with Gasteiger partial charge in [-0.3, -0.25) is 9.59 Å². The normalized spacial score (nSPS) is 18.7. The van der Waals surface area contributed by atoms with Crippen LogP contribution >= 0.6 is 12.4 Å². The summed E-state index contributed by atoms with van der Waals surface area (Å²) >= 11 is 0. The van der Waals surface area contributed by atoms with Gasteiger partial charge in [0.1, 0.15) is 11.5 Å². The molecule has 7 nitrogen and oxygen atoms in total. The number of nitrogens with two attached hydrogens (primary N) is 1. The van der Waals surface area contributed by atoms with Gasteiger partial charge in [0.2, 0.25) is 11.8 Å². The van der Waals surface area contributed by atoms with E-state index in [-0.39, 0.29) is 36.6 Å². The quantitative estimate of drug-likeness (QED) is 0.731. The van der Waals surface area contributed by atoms with Crippen molar-refractivity contribution in [3.05, 3.63) is 18.2 Å². The molecule has 0 saturated carbocycles. The maximum atomic E-state index is 12.7. The number of hydrogen-bond donors (Lipinski definition) is 2. The van der Waals surface area contributed by atoms with Gasteiger partial charge in [0.15, 0.2) is 0 Å². The van der Waals surface area contributed by atoms with E-state index in [1.807, 2.05) is 20.8 Å². The molecule has 1 fully saturated rings. The van der Waals surface area contributed by atoms with Crippen LogP contribution in [0.1, 0.15) is 27.2 Å². The van der Waals surface area contributed by atoms with Crippen LogP contribution in [0.25, 0.3) is 0 Å². The lowest BCUT2D eigenvalue weighted by molar-refractivity contribution is -0.128. The van der Waals surface area contributed by atoms with Gasteiger partial charge in [0.25, 0.3) is 0 Å². The SMILES string of the molecule is COc1ccc(N2CC(C(=O)NC(C)(CN)C(C)C)CC2=O)c(OC)c1.Cl. The summed E-state index contributed by atoms with van der Waals surface area (Å²) < 4.78 is 10.6. The first-order valence-corrected chi connectivity index (χ1v) is 8.80. The van der Waals surface area contributed by atoms with Gasteiger partial charge in [0.05, 0.1) is 31.4 Å². The van der Waals surface area contributed by atoms with Crippen molar-refractivity contribution >= 4 is 29.9 Å². The first kappa shape index (κ1) is 23.0. The van der Waals surface area contributed by atoms with Gasteiger partial charge in [-0.15, -0.1) is 12.4 Å². The minimum atomic E-state index is -0.495. The topological polar surface area (TPSA) is 93.9 Å². The molecule has 1 heterocycles. The average molecular weight is 400 g/mol. The maximum absolute atomic E-state index is 12.7. The lowest BCUT2D eigenvalue weighted by atomic mass is 9.87. The van der Waals surface area contributed by atoms with Crippen molar-refractivity contribution in [2.24, 2.45) is 17.6 Å². The van der Waals surface area contributed by atoms with E-state index in [4.69, 9.17) is 15.2 Å². The lowest BCUT2D eigenvalue weighted by Gasteiger charge is -2.34. The lowest BCUT2D eigenvalue weighted by Crippen LogP contribution is -2.56. The number of amides is 2. The molecule has 2 unspecified atom stereocenters. The van der Waals surface area contributed by atoms with E-state index in [2.05, 4.69) is 5.32 Å². The number of anilines is 1. The largest absolute Gasteiger partial charge is 0.497 e. The molecular weight excluding hydrogens is 370 g/mol. The molecule has 3 N–H and O–H groups in total. The summed E-state index contributed by atoms with van der Waals surface area (Å²) in [4.78, 5) is 26.8. The van der Waals surface area contributed by atoms with Crippen LogP contribution in [0.5, 0.6) is 11.5 Å². The van der Waals surface area contributed by atoms with E-state index in [9.17, 15) is 9.59 Å². The first-order valence-electron chi connectivity index (χ1n) is 8.80. The fraction of sp³-hybridized carbons (Fsp3) is 0.579. The number of nitrogens with zero attached hydrogens (tertiary/aromatic N) is 1. The molecule has 1 saturated heterocycles. The number of nitrogens with one attached hydrogen (secondary N) is 1. The van der Waals surface area contributed by atoms with E-state index in [1.165, 1.54) is 0 Å². The molecule has 152 valence electrons. The Morgan fingerprint density at radius 1 is 1.37 bits per heavy atom.